The maximum atomic E-state index is 10.1. The highest BCUT2D eigenvalue weighted by molar-refractivity contribution is 5.45. The minimum absolute atomic E-state index is 0.206. The van der Waals surface area contributed by atoms with Crippen LogP contribution in [0.2, 0.25) is 0 Å². The standard InChI is InChI=1S/C28H35NO4/c1-22(2)29-20-25(30)21-33-26-13-14-27(31-17-15-23-9-5-3-6-10-23)28(19-26)32-18-16-24-11-7-4-8-12-24/h3-14,19,22,25,29-30H,15-18,20-21H2,1-2H3. The van der Waals surface area contributed by atoms with Gasteiger partial charge in [0.25, 0.3) is 0 Å². The van der Waals surface area contributed by atoms with E-state index in [1.165, 1.54) is 11.1 Å². The number of nitrogens with one attached hydrogen (secondary N) is 1. The quantitative estimate of drug-likeness (QED) is 0.375. The molecule has 0 spiro atoms. The normalized spacial score (nSPS) is 11.9. The fourth-order valence-electron chi connectivity index (χ4n) is 3.28. The van der Waals surface area contributed by atoms with Crippen molar-refractivity contribution in [1.29, 1.82) is 0 Å². The number of ether oxygens (including phenoxy) is 3. The van der Waals surface area contributed by atoms with Crippen LogP contribution in [0.25, 0.3) is 0 Å². The Morgan fingerprint density at radius 1 is 0.727 bits per heavy atom. The van der Waals surface area contributed by atoms with E-state index in [-0.39, 0.29) is 6.61 Å². The van der Waals surface area contributed by atoms with E-state index >= 15 is 0 Å². The Bertz CT molecular complexity index is 931. The molecule has 0 heterocycles. The maximum absolute atomic E-state index is 10.1. The van der Waals surface area contributed by atoms with Crippen LogP contribution in [-0.4, -0.2) is 43.6 Å². The van der Waals surface area contributed by atoms with Gasteiger partial charge >= 0.3 is 0 Å². The second kappa shape index (κ2) is 13.5. The molecule has 0 aliphatic carbocycles. The van der Waals surface area contributed by atoms with Crippen LogP contribution in [0, 0.1) is 0 Å². The molecule has 0 fully saturated rings. The Hall–Kier alpha value is -3.02. The van der Waals surface area contributed by atoms with Gasteiger partial charge in [0.2, 0.25) is 0 Å². The van der Waals surface area contributed by atoms with Crippen LogP contribution < -0.4 is 19.5 Å². The Morgan fingerprint density at radius 2 is 1.30 bits per heavy atom. The largest absolute Gasteiger partial charge is 0.491 e. The average Bonchev–Trinajstić information content (AvgIpc) is 2.84. The Kier molecular flexibility index (Phi) is 10.1. The van der Waals surface area contributed by atoms with Crippen molar-refractivity contribution in [3.63, 3.8) is 0 Å². The third-order valence-corrected chi connectivity index (χ3v) is 5.10. The number of aliphatic hydroxyl groups excluding tert-OH is 1. The van der Waals surface area contributed by atoms with Crippen molar-refractivity contribution < 1.29 is 19.3 Å². The Balaban J connectivity index is 1.59. The van der Waals surface area contributed by atoms with Gasteiger partial charge in [-0.1, -0.05) is 74.5 Å². The summed E-state index contributed by atoms with van der Waals surface area (Å²) in [4.78, 5) is 0. The third-order valence-electron chi connectivity index (χ3n) is 5.10. The van der Waals surface area contributed by atoms with Gasteiger partial charge in [-0.3, -0.25) is 0 Å². The minimum atomic E-state index is -0.586. The van der Waals surface area contributed by atoms with Crippen molar-refractivity contribution in [3.05, 3.63) is 90.0 Å². The summed E-state index contributed by atoms with van der Waals surface area (Å²) in [7, 11) is 0. The summed E-state index contributed by atoms with van der Waals surface area (Å²) in [5.74, 6) is 1.98. The second-order valence-corrected chi connectivity index (χ2v) is 8.30. The summed E-state index contributed by atoms with van der Waals surface area (Å²) >= 11 is 0. The van der Waals surface area contributed by atoms with Crippen LogP contribution in [0.5, 0.6) is 17.2 Å². The first-order valence-corrected chi connectivity index (χ1v) is 11.6. The zero-order chi connectivity index (χ0) is 23.3. The predicted molar refractivity (Wildman–Crippen MR) is 132 cm³/mol. The highest BCUT2D eigenvalue weighted by Gasteiger charge is 2.11. The average molecular weight is 450 g/mol. The van der Waals surface area contributed by atoms with Gasteiger partial charge in [0.1, 0.15) is 18.5 Å². The minimum Gasteiger partial charge on any atom is -0.491 e. The molecule has 0 radical (unpaired) electrons. The van der Waals surface area contributed by atoms with Crippen LogP contribution in [-0.2, 0) is 12.8 Å². The van der Waals surface area contributed by atoms with Crippen molar-refractivity contribution in [2.75, 3.05) is 26.4 Å². The second-order valence-electron chi connectivity index (χ2n) is 8.30. The van der Waals surface area contributed by atoms with Crippen molar-refractivity contribution >= 4 is 0 Å². The van der Waals surface area contributed by atoms with Crippen molar-refractivity contribution in [3.8, 4) is 17.2 Å². The molecule has 2 N–H and O–H groups in total. The van der Waals surface area contributed by atoms with E-state index in [0.717, 1.165) is 12.8 Å². The van der Waals surface area contributed by atoms with Crippen LogP contribution in [0.15, 0.2) is 78.9 Å². The number of hydrogen-bond acceptors (Lipinski definition) is 5. The topological polar surface area (TPSA) is 60.0 Å². The van der Waals surface area contributed by atoms with Gasteiger partial charge in [-0.25, -0.2) is 0 Å². The monoisotopic (exact) mass is 449 g/mol. The van der Waals surface area contributed by atoms with Crippen molar-refractivity contribution in [1.82, 2.24) is 5.32 Å². The summed E-state index contributed by atoms with van der Waals surface area (Å²) in [6, 6.07) is 26.4. The van der Waals surface area contributed by atoms with Crippen LogP contribution in [0.1, 0.15) is 25.0 Å². The molecule has 3 rings (SSSR count). The summed E-state index contributed by atoms with van der Waals surface area (Å²) in [5, 5.41) is 13.3. The van der Waals surface area contributed by atoms with Crippen LogP contribution in [0.4, 0.5) is 0 Å². The molecule has 0 bridgehead atoms. The first-order chi connectivity index (χ1) is 16.1. The first-order valence-electron chi connectivity index (χ1n) is 11.6. The fraction of sp³-hybridized carbons (Fsp3) is 0.357. The molecule has 33 heavy (non-hydrogen) atoms. The predicted octanol–water partition coefficient (Wildman–Crippen LogP) is 4.67. The summed E-state index contributed by atoms with van der Waals surface area (Å²) in [5.41, 5.74) is 2.45. The van der Waals surface area contributed by atoms with Crippen molar-refractivity contribution in [2.24, 2.45) is 0 Å². The molecule has 5 heteroatoms. The van der Waals surface area contributed by atoms with E-state index in [1.54, 1.807) is 0 Å². The summed E-state index contributed by atoms with van der Waals surface area (Å²) in [6.07, 6.45) is 1.03. The molecule has 3 aromatic rings. The molecule has 5 nitrogen and oxygen atoms in total. The molecule has 1 atom stereocenters. The molecule has 0 amide bonds. The van der Waals surface area contributed by atoms with E-state index in [4.69, 9.17) is 14.2 Å². The molecule has 0 saturated carbocycles. The lowest BCUT2D eigenvalue weighted by Crippen LogP contribution is -2.35. The molecule has 176 valence electrons. The van der Waals surface area contributed by atoms with E-state index in [1.807, 2.05) is 68.4 Å². The van der Waals surface area contributed by atoms with E-state index in [9.17, 15) is 5.11 Å². The maximum Gasteiger partial charge on any atom is 0.164 e. The summed E-state index contributed by atoms with van der Waals surface area (Å²) < 4.78 is 17.9. The molecule has 0 aliphatic heterocycles. The zero-order valence-electron chi connectivity index (χ0n) is 19.6. The fourth-order valence-corrected chi connectivity index (χ4v) is 3.28. The molecule has 3 aromatic carbocycles. The van der Waals surface area contributed by atoms with Gasteiger partial charge in [-0.2, -0.15) is 0 Å². The summed E-state index contributed by atoms with van der Waals surface area (Å²) in [6.45, 7) is 5.87. The lowest BCUT2D eigenvalue weighted by Gasteiger charge is -2.17. The van der Waals surface area contributed by atoms with Gasteiger partial charge in [-0.15, -0.1) is 0 Å². The number of benzene rings is 3. The number of rotatable bonds is 14. The smallest absolute Gasteiger partial charge is 0.164 e. The lowest BCUT2D eigenvalue weighted by molar-refractivity contribution is 0.104. The van der Waals surface area contributed by atoms with Gasteiger partial charge in [0.05, 0.1) is 13.2 Å². The van der Waals surface area contributed by atoms with Gasteiger partial charge in [0.15, 0.2) is 11.5 Å². The zero-order valence-corrected chi connectivity index (χ0v) is 19.6. The highest BCUT2D eigenvalue weighted by Crippen LogP contribution is 2.32. The first kappa shape index (κ1) is 24.6. The third kappa shape index (κ3) is 9.16. The molecule has 1 unspecified atom stereocenters. The number of aliphatic hydroxyl groups is 1. The molecule has 0 aromatic heterocycles. The van der Waals surface area contributed by atoms with Gasteiger partial charge in [-0.05, 0) is 23.3 Å². The molecule has 0 aliphatic rings. The SMILES string of the molecule is CC(C)NCC(O)COc1ccc(OCCc2ccccc2)c(OCCc2ccccc2)c1. The highest BCUT2D eigenvalue weighted by atomic mass is 16.5. The van der Waals surface area contributed by atoms with Crippen molar-refractivity contribution in [2.45, 2.75) is 38.8 Å². The molecule has 0 saturated heterocycles. The van der Waals surface area contributed by atoms with Gasteiger partial charge in [0, 0.05) is 31.5 Å². The van der Waals surface area contributed by atoms with Crippen LogP contribution >= 0.6 is 0 Å². The molecular weight excluding hydrogens is 414 g/mol. The van der Waals surface area contributed by atoms with E-state index < -0.39 is 6.10 Å². The number of hydrogen-bond donors (Lipinski definition) is 2. The lowest BCUT2D eigenvalue weighted by atomic mass is 10.2. The van der Waals surface area contributed by atoms with Crippen LogP contribution in [0.3, 0.4) is 0 Å². The van der Waals surface area contributed by atoms with Gasteiger partial charge < -0.3 is 24.6 Å². The van der Waals surface area contributed by atoms with E-state index in [2.05, 4.69) is 29.6 Å². The Morgan fingerprint density at radius 3 is 1.88 bits per heavy atom. The Labute approximate surface area is 197 Å². The van der Waals surface area contributed by atoms with E-state index in [0.29, 0.717) is 43.0 Å². The molecular formula is C28H35NO4.